The lowest BCUT2D eigenvalue weighted by molar-refractivity contribution is 0.841. The fourth-order valence-electron chi connectivity index (χ4n) is 1.36. The van der Waals surface area contributed by atoms with Gasteiger partial charge in [0.1, 0.15) is 5.82 Å². The third-order valence-electron chi connectivity index (χ3n) is 2.08. The molecule has 1 aromatic carbocycles. The van der Waals surface area contributed by atoms with Gasteiger partial charge in [0.25, 0.3) is 0 Å². The molecule has 0 bridgehead atoms. The number of nitrogens with two attached hydrogens (primary N) is 2. The number of hydrogen-bond donors (Lipinski definition) is 2. The summed E-state index contributed by atoms with van der Waals surface area (Å²) in [5, 5.41) is 4.85. The Kier molecular flexibility index (Phi) is 2.62. The highest BCUT2D eigenvalue weighted by atomic mass is 35.5. The molecule has 0 unspecified atom stereocenters. The lowest BCUT2D eigenvalue weighted by Gasteiger charge is -2.05. The molecular formula is C10H11ClN4. The zero-order valence-electron chi connectivity index (χ0n) is 8.02. The van der Waals surface area contributed by atoms with Gasteiger partial charge in [0.15, 0.2) is 0 Å². The number of hydrogen-bond acceptors (Lipinski definition) is 3. The minimum atomic E-state index is 0.363. The largest absolute Gasteiger partial charge is 0.384 e. The summed E-state index contributed by atoms with van der Waals surface area (Å²) >= 11 is 6.04. The van der Waals surface area contributed by atoms with Crippen molar-refractivity contribution in [3.05, 3.63) is 41.0 Å². The maximum atomic E-state index is 6.04. The van der Waals surface area contributed by atoms with E-state index in [4.69, 9.17) is 23.1 Å². The SMILES string of the molecule is NCc1cc(N)n(-c2ccccc2Cl)n1. The third-order valence-corrected chi connectivity index (χ3v) is 2.40. The lowest BCUT2D eigenvalue weighted by Crippen LogP contribution is -2.03. The minimum absolute atomic E-state index is 0.363. The number of benzene rings is 1. The first-order chi connectivity index (χ1) is 7.22. The van der Waals surface area contributed by atoms with Crippen LogP contribution in [0, 0.1) is 0 Å². The van der Waals surface area contributed by atoms with Crippen molar-refractivity contribution in [3.8, 4) is 5.69 Å². The van der Waals surface area contributed by atoms with Crippen LogP contribution in [0.3, 0.4) is 0 Å². The highest BCUT2D eigenvalue weighted by Crippen LogP contribution is 2.22. The van der Waals surface area contributed by atoms with E-state index in [0.29, 0.717) is 17.4 Å². The maximum absolute atomic E-state index is 6.04. The second-order valence-corrected chi connectivity index (χ2v) is 3.54. The van der Waals surface area contributed by atoms with E-state index in [1.807, 2.05) is 18.2 Å². The molecule has 0 spiro atoms. The standard InChI is InChI=1S/C10H11ClN4/c11-8-3-1-2-4-9(8)15-10(13)5-7(6-12)14-15/h1-5H,6,12-13H2. The minimum Gasteiger partial charge on any atom is -0.384 e. The van der Waals surface area contributed by atoms with Gasteiger partial charge >= 0.3 is 0 Å². The zero-order valence-corrected chi connectivity index (χ0v) is 8.78. The highest BCUT2D eigenvalue weighted by molar-refractivity contribution is 6.32. The van der Waals surface area contributed by atoms with Gasteiger partial charge in [-0.15, -0.1) is 0 Å². The predicted octanol–water partition coefficient (Wildman–Crippen LogP) is 1.57. The smallest absolute Gasteiger partial charge is 0.127 e. The number of rotatable bonds is 2. The van der Waals surface area contributed by atoms with Crippen LogP contribution < -0.4 is 11.5 Å². The van der Waals surface area contributed by atoms with Crippen LogP contribution in [0.4, 0.5) is 5.82 Å². The molecule has 2 rings (SSSR count). The van der Waals surface area contributed by atoms with Gasteiger partial charge in [0.05, 0.1) is 16.4 Å². The van der Waals surface area contributed by atoms with Crippen LogP contribution >= 0.6 is 11.6 Å². The van der Waals surface area contributed by atoms with Crippen LogP contribution in [0.1, 0.15) is 5.69 Å². The number of anilines is 1. The zero-order chi connectivity index (χ0) is 10.8. The average Bonchev–Trinajstić information content (AvgIpc) is 2.60. The fraction of sp³-hybridized carbons (Fsp3) is 0.100. The monoisotopic (exact) mass is 222 g/mol. The normalized spacial score (nSPS) is 10.5. The molecule has 78 valence electrons. The second kappa shape index (κ2) is 3.92. The molecule has 0 radical (unpaired) electrons. The topological polar surface area (TPSA) is 69.9 Å². The van der Waals surface area contributed by atoms with E-state index >= 15 is 0 Å². The molecular weight excluding hydrogens is 212 g/mol. The van der Waals surface area contributed by atoms with Crippen LogP contribution in [0.2, 0.25) is 5.02 Å². The summed E-state index contributed by atoms with van der Waals surface area (Å²) in [6.45, 7) is 0.363. The number of nitrogens with zero attached hydrogens (tertiary/aromatic N) is 2. The predicted molar refractivity (Wildman–Crippen MR) is 60.9 cm³/mol. The molecule has 0 saturated heterocycles. The Labute approximate surface area is 92.4 Å². The van der Waals surface area contributed by atoms with Crippen LogP contribution in [0.5, 0.6) is 0 Å². The quantitative estimate of drug-likeness (QED) is 0.810. The molecule has 0 amide bonds. The molecule has 4 nitrogen and oxygen atoms in total. The number of nitrogen functional groups attached to an aromatic ring is 1. The van der Waals surface area contributed by atoms with Gasteiger partial charge in [-0.05, 0) is 12.1 Å². The van der Waals surface area contributed by atoms with Crippen LogP contribution in [0.15, 0.2) is 30.3 Å². The summed E-state index contributed by atoms with van der Waals surface area (Å²) in [5.41, 5.74) is 12.8. The maximum Gasteiger partial charge on any atom is 0.127 e. The van der Waals surface area contributed by atoms with Crippen molar-refractivity contribution in [2.75, 3.05) is 5.73 Å². The second-order valence-electron chi connectivity index (χ2n) is 3.13. The van der Waals surface area contributed by atoms with Crippen molar-refractivity contribution >= 4 is 17.4 Å². The molecule has 0 atom stereocenters. The van der Waals surface area contributed by atoms with Crippen molar-refractivity contribution < 1.29 is 0 Å². The molecule has 0 aliphatic rings. The van der Waals surface area contributed by atoms with Gasteiger partial charge in [0.2, 0.25) is 0 Å². The highest BCUT2D eigenvalue weighted by Gasteiger charge is 2.08. The summed E-state index contributed by atoms with van der Waals surface area (Å²) in [7, 11) is 0. The van der Waals surface area contributed by atoms with Crippen molar-refractivity contribution in [2.45, 2.75) is 6.54 Å². The summed E-state index contributed by atoms with van der Waals surface area (Å²) in [5.74, 6) is 0.531. The summed E-state index contributed by atoms with van der Waals surface area (Å²) < 4.78 is 1.59. The first kappa shape index (κ1) is 10.0. The van der Waals surface area contributed by atoms with Gasteiger partial charge < -0.3 is 11.5 Å². The van der Waals surface area contributed by atoms with Crippen LogP contribution in [-0.2, 0) is 6.54 Å². The molecule has 1 heterocycles. The van der Waals surface area contributed by atoms with E-state index in [1.165, 1.54) is 0 Å². The van der Waals surface area contributed by atoms with Crippen LogP contribution in [-0.4, -0.2) is 9.78 Å². The van der Waals surface area contributed by atoms with Gasteiger partial charge in [0, 0.05) is 12.6 Å². The van der Waals surface area contributed by atoms with Crippen molar-refractivity contribution in [1.82, 2.24) is 9.78 Å². The van der Waals surface area contributed by atoms with Gasteiger partial charge in [-0.3, -0.25) is 0 Å². The van der Waals surface area contributed by atoms with Gasteiger partial charge in [-0.1, -0.05) is 23.7 Å². The number of para-hydroxylation sites is 1. The Bertz CT molecular complexity index is 478. The van der Waals surface area contributed by atoms with E-state index in [2.05, 4.69) is 5.10 Å². The molecule has 4 N–H and O–H groups in total. The van der Waals surface area contributed by atoms with Gasteiger partial charge in [-0.2, -0.15) is 5.10 Å². The molecule has 1 aromatic heterocycles. The van der Waals surface area contributed by atoms with Crippen molar-refractivity contribution in [2.24, 2.45) is 5.73 Å². The van der Waals surface area contributed by atoms with Crippen molar-refractivity contribution in [3.63, 3.8) is 0 Å². The first-order valence-electron chi connectivity index (χ1n) is 4.51. The molecule has 0 aliphatic heterocycles. The Morgan fingerprint density at radius 3 is 2.67 bits per heavy atom. The van der Waals surface area contributed by atoms with E-state index in [1.54, 1.807) is 16.8 Å². The van der Waals surface area contributed by atoms with Crippen molar-refractivity contribution in [1.29, 1.82) is 0 Å². The number of halogens is 1. The first-order valence-corrected chi connectivity index (χ1v) is 4.89. The van der Waals surface area contributed by atoms with E-state index < -0.39 is 0 Å². The summed E-state index contributed by atoms with van der Waals surface area (Å²) in [6.07, 6.45) is 0. The summed E-state index contributed by atoms with van der Waals surface area (Å²) in [4.78, 5) is 0. The van der Waals surface area contributed by atoms with E-state index in [0.717, 1.165) is 11.4 Å². The molecule has 0 fully saturated rings. The average molecular weight is 223 g/mol. The Hall–Kier alpha value is -1.52. The molecule has 15 heavy (non-hydrogen) atoms. The summed E-state index contributed by atoms with van der Waals surface area (Å²) in [6, 6.07) is 9.12. The molecule has 0 aliphatic carbocycles. The van der Waals surface area contributed by atoms with Gasteiger partial charge in [-0.25, -0.2) is 4.68 Å². The number of aromatic nitrogens is 2. The van der Waals surface area contributed by atoms with E-state index in [9.17, 15) is 0 Å². The third kappa shape index (κ3) is 1.82. The van der Waals surface area contributed by atoms with E-state index in [-0.39, 0.29) is 0 Å². The Balaban J connectivity index is 2.54. The molecule has 5 heteroatoms. The Morgan fingerprint density at radius 1 is 1.33 bits per heavy atom. The molecule has 2 aromatic rings. The fourth-order valence-corrected chi connectivity index (χ4v) is 1.58. The molecule has 0 saturated carbocycles. The lowest BCUT2D eigenvalue weighted by atomic mass is 10.3. The Morgan fingerprint density at radius 2 is 2.07 bits per heavy atom. The van der Waals surface area contributed by atoms with Crippen LogP contribution in [0.25, 0.3) is 5.69 Å².